The minimum atomic E-state index is -0.791. The van der Waals surface area contributed by atoms with Gasteiger partial charge in [-0.05, 0) is 32.6 Å². The maximum Gasteiger partial charge on any atom is 0.332 e. The molecule has 0 aromatic heterocycles. The van der Waals surface area contributed by atoms with Crippen molar-refractivity contribution >= 4 is 17.7 Å². The number of hydrogen-bond donors (Lipinski definition) is 2. The molecular weight excluding hydrogens is 234 g/mol. The van der Waals surface area contributed by atoms with Gasteiger partial charge in [-0.1, -0.05) is 6.08 Å². The Labute approximate surface area is 106 Å². The summed E-state index contributed by atoms with van der Waals surface area (Å²) in [7, 11) is 0. The molecule has 0 heterocycles. The van der Waals surface area contributed by atoms with Gasteiger partial charge in [-0.25, -0.2) is 10.2 Å². The lowest BCUT2D eigenvalue weighted by Gasteiger charge is -2.25. The first-order chi connectivity index (χ1) is 8.56. The average molecular weight is 253 g/mol. The van der Waals surface area contributed by atoms with Gasteiger partial charge in [-0.2, -0.15) is 5.10 Å². The molecule has 0 aliphatic heterocycles. The summed E-state index contributed by atoms with van der Waals surface area (Å²) >= 11 is 0. The van der Waals surface area contributed by atoms with E-state index in [2.05, 4.69) is 17.1 Å². The van der Waals surface area contributed by atoms with Crippen LogP contribution in [0.15, 0.2) is 17.8 Å². The van der Waals surface area contributed by atoms with E-state index in [-0.39, 0.29) is 5.97 Å². The highest BCUT2D eigenvalue weighted by Gasteiger charge is 2.47. The first-order valence-corrected chi connectivity index (χ1v) is 5.97. The Bertz CT molecular complexity index is 379. The minimum Gasteiger partial charge on any atom is -0.465 e. The molecule has 1 rings (SSSR count). The van der Waals surface area contributed by atoms with Gasteiger partial charge in [0.2, 0.25) is 0 Å². The summed E-state index contributed by atoms with van der Waals surface area (Å²) in [5, 5.41) is 3.94. The van der Waals surface area contributed by atoms with Crippen LogP contribution in [0.2, 0.25) is 0 Å². The molecule has 1 fully saturated rings. The minimum absolute atomic E-state index is 0.313. The normalized spacial score (nSPS) is 24.8. The molecule has 1 saturated carbocycles. The Balaban J connectivity index is 3.00. The summed E-state index contributed by atoms with van der Waals surface area (Å²) < 4.78 is 5.11. The molecule has 1 aliphatic rings. The first kappa shape index (κ1) is 14.2. The summed E-state index contributed by atoms with van der Waals surface area (Å²) in [4.78, 5) is 22.8. The number of nitrogens with one attached hydrogen (secondary N) is 1. The summed E-state index contributed by atoms with van der Waals surface area (Å²) in [6, 6.07) is -0.745. The van der Waals surface area contributed by atoms with Gasteiger partial charge >= 0.3 is 12.0 Å². The summed E-state index contributed by atoms with van der Waals surface area (Å²) in [5.74, 6) is -0.313. The SMILES string of the molecule is C=CCC1(C(=O)OCC)CCC/C1=N\NC(N)=O. The number of amides is 2. The second-order valence-electron chi connectivity index (χ2n) is 4.18. The zero-order valence-corrected chi connectivity index (χ0v) is 10.6. The fourth-order valence-corrected chi connectivity index (χ4v) is 2.27. The number of esters is 1. The number of ether oxygens (including phenoxy) is 1. The first-order valence-electron chi connectivity index (χ1n) is 5.97. The van der Waals surface area contributed by atoms with Crippen molar-refractivity contribution in [1.82, 2.24) is 5.43 Å². The number of carbonyl (C=O) groups is 2. The molecule has 0 radical (unpaired) electrons. The maximum atomic E-state index is 12.1. The predicted octanol–water partition coefficient (Wildman–Crippen LogP) is 1.32. The molecule has 3 N–H and O–H groups in total. The Morgan fingerprint density at radius 1 is 1.67 bits per heavy atom. The number of primary amides is 1. The number of urea groups is 1. The third-order valence-corrected chi connectivity index (χ3v) is 3.03. The molecule has 6 nitrogen and oxygen atoms in total. The maximum absolute atomic E-state index is 12.1. The van der Waals surface area contributed by atoms with Crippen LogP contribution in [-0.4, -0.2) is 24.3 Å². The number of carbonyl (C=O) groups excluding carboxylic acids is 2. The van der Waals surface area contributed by atoms with Crippen LogP contribution in [-0.2, 0) is 9.53 Å². The van der Waals surface area contributed by atoms with Crippen LogP contribution >= 0.6 is 0 Å². The van der Waals surface area contributed by atoms with Crippen LogP contribution in [0.1, 0.15) is 32.6 Å². The third-order valence-electron chi connectivity index (χ3n) is 3.03. The molecular formula is C12H19N3O3. The number of hydrazone groups is 1. The largest absolute Gasteiger partial charge is 0.465 e. The molecule has 2 amide bonds. The summed E-state index contributed by atoms with van der Waals surface area (Å²) in [6.45, 7) is 5.74. The molecule has 0 spiro atoms. The average Bonchev–Trinajstić information content (AvgIpc) is 2.71. The van der Waals surface area contributed by atoms with Crippen LogP contribution in [0.4, 0.5) is 4.79 Å². The van der Waals surface area contributed by atoms with Gasteiger partial charge in [0.15, 0.2) is 0 Å². The third kappa shape index (κ3) is 2.88. The van der Waals surface area contributed by atoms with Gasteiger partial charge in [0.1, 0.15) is 5.41 Å². The number of nitrogens with two attached hydrogens (primary N) is 1. The molecule has 1 unspecified atom stereocenters. The van der Waals surface area contributed by atoms with Crippen LogP contribution in [0.3, 0.4) is 0 Å². The van der Waals surface area contributed by atoms with Crippen LogP contribution in [0, 0.1) is 5.41 Å². The highest BCUT2D eigenvalue weighted by Crippen LogP contribution is 2.40. The standard InChI is InChI=1S/C12H19N3O3/c1-3-7-12(10(16)18-4-2)8-5-6-9(12)14-15-11(13)17/h3H,1,4-8H2,2H3,(H3,13,15,17)/b14-9+. The molecule has 6 heteroatoms. The van der Waals surface area contributed by atoms with Crippen molar-refractivity contribution in [2.24, 2.45) is 16.3 Å². The van der Waals surface area contributed by atoms with Gasteiger partial charge in [0.05, 0.1) is 12.3 Å². The Morgan fingerprint density at radius 3 is 2.94 bits per heavy atom. The van der Waals surface area contributed by atoms with Crippen molar-refractivity contribution in [3.63, 3.8) is 0 Å². The molecule has 0 bridgehead atoms. The number of hydrogen-bond acceptors (Lipinski definition) is 4. The summed E-state index contributed by atoms with van der Waals surface area (Å²) in [6.07, 6.45) is 4.24. The van der Waals surface area contributed by atoms with Gasteiger partial charge in [0, 0.05) is 0 Å². The van der Waals surface area contributed by atoms with E-state index in [1.807, 2.05) is 0 Å². The number of allylic oxidation sites excluding steroid dienone is 1. The van der Waals surface area contributed by atoms with Gasteiger partial charge in [-0.15, -0.1) is 6.58 Å². The van der Waals surface area contributed by atoms with Crippen molar-refractivity contribution in [2.75, 3.05) is 6.61 Å². The van der Waals surface area contributed by atoms with Crippen molar-refractivity contribution < 1.29 is 14.3 Å². The topological polar surface area (TPSA) is 93.8 Å². The van der Waals surface area contributed by atoms with E-state index in [9.17, 15) is 9.59 Å². The zero-order chi connectivity index (χ0) is 13.6. The molecule has 0 aromatic rings. The van der Waals surface area contributed by atoms with Crippen molar-refractivity contribution in [3.8, 4) is 0 Å². The van der Waals surface area contributed by atoms with E-state index in [1.54, 1.807) is 13.0 Å². The lowest BCUT2D eigenvalue weighted by molar-refractivity contribution is -0.151. The second-order valence-corrected chi connectivity index (χ2v) is 4.18. The number of nitrogens with zero attached hydrogens (tertiary/aromatic N) is 1. The highest BCUT2D eigenvalue weighted by molar-refractivity contribution is 6.08. The van der Waals surface area contributed by atoms with Gasteiger partial charge < -0.3 is 10.5 Å². The smallest absolute Gasteiger partial charge is 0.332 e. The van der Waals surface area contributed by atoms with Crippen molar-refractivity contribution in [3.05, 3.63) is 12.7 Å². The highest BCUT2D eigenvalue weighted by atomic mass is 16.5. The molecule has 0 aromatic carbocycles. The number of rotatable bonds is 5. The predicted molar refractivity (Wildman–Crippen MR) is 67.9 cm³/mol. The van der Waals surface area contributed by atoms with Gasteiger partial charge in [0.25, 0.3) is 0 Å². The van der Waals surface area contributed by atoms with Crippen molar-refractivity contribution in [2.45, 2.75) is 32.6 Å². The fraction of sp³-hybridized carbons (Fsp3) is 0.583. The van der Waals surface area contributed by atoms with E-state index in [4.69, 9.17) is 10.5 Å². The Morgan fingerprint density at radius 2 is 2.39 bits per heavy atom. The zero-order valence-electron chi connectivity index (χ0n) is 10.6. The molecule has 100 valence electrons. The molecule has 18 heavy (non-hydrogen) atoms. The van der Waals surface area contributed by atoms with Crippen LogP contribution < -0.4 is 11.2 Å². The van der Waals surface area contributed by atoms with E-state index >= 15 is 0 Å². The van der Waals surface area contributed by atoms with Crippen molar-refractivity contribution in [1.29, 1.82) is 0 Å². The molecule has 1 atom stereocenters. The lowest BCUT2D eigenvalue weighted by atomic mass is 9.81. The Hall–Kier alpha value is -1.85. The van der Waals surface area contributed by atoms with E-state index in [1.165, 1.54) is 0 Å². The van der Waals surface area contributed by atoms with Crippen LogP contribution in [0.5, 0.6) is 0 Å². The molecule has 0 saturated heterocycles. The van der Waals surface area contributed by atoms with Crippen LogP contribution in [0.25, 0.3) is 0 Å². The lowest BCUT2D eigenvalue weighted by Crippen LogP contribution is -2.38. The Kier molecular flexibility index (Phi) is 4.88. The second kappa shape index (κ2) is 6.18. The van der Waals surface area contributed by atoms with E-state index in [0.717, 1.165) is 6.42 Å². The monoisotopic (exact) mass is 253 g/mol. The fourth-order valence-electron chi connectivity index (χ4n) is 2.27. The summed E-state index contributed by atoms with van der Waals surface area (Å²) in [5.41, 5.74) is 6.98. The molecule has 1 aliphatic carbocycles. The quantitative estimate of drug-likeness (QED) is 0.439. The van der Waals surface area contributed by atoms with Gasteiger partial charge in [-0.3, -0.25) is 4.79 Å². The van der Waals surface area contributed by atoms with E-state index < -0.39 is 11.4 Å². The van der Waals surface area contributed by atoms with E-state index in [0.29, 0.717) is 31.6 Å².